The van der Waals surface area contributed by atoms with E-state index in [9.17, 15) is 4.79 Å². The predicted octanol–water partition coefficient (Wildman–Crippen LogP) is 1.21. The quantitative estimate of drug-likeness (QED) is 0.687. The van der Waals surface area contributed by atoms with E-state index in [-0.39, 0.29) is 5.91 Å². The fourth-order valence-electron chi connectivity index (χ4n) is 2.78. The van der Waals surface area contributed by atoms with Gasteiger partial charge in [-0.3, -0.25) is 9.69 Å². The molecule has 0 spiro atoms. The third-order valence-corrected chi connectivity index (χ3v) is 4.14. The van der Waals surface area contributed by atoms with E-state index < -0.39 is 0 Å². The Morgan fingerprint density at radius 3 is 2.62 bits per heavy atom. The molecule has 0 unspecified atom stereocenters. The lowest BCUT2D eigenvalue weighted by molar-refractivity contribution is 0.0628. The molecule has 1 saturated heterocycles. The molecule has 1 aromatic carbocycles. The van der Waals surface area contributed by atoms with Crippen molar-refractivity contribution in [1.82, 2.24) is 9.80 Å². The zero-order chi connectivity index (χ0) is 17.2. The van der Waals surface area contributed by atoms with Crippen molar-refractivity contribution in [1.29, 1.82) is 0 Å². The van der Waals surface area contributed by atoms with Gasteiger partial charge in [0.25, 0.3) is 5.91 Å². The predicted molar refractivity (Wildman–Crippen MR) is 94.4 cm³/mol. The van der Waals surface area contributed by atoms with Crippen molar-refractivity contribution < 1.29 is 14.3 Å². The van der Waals surface area contributed by atoms with Crippen molar-refractivity contribution in [3.63, 3.8) is 0 Å². The van der Waals surface area contributed by atoms with Crippen LogP contribution in [-0.2, 0) is 4.74 Å². The Labute approximate surface area is 144 Å². The largest absolute Gasteiger partial charge is 0.490 e. The monoisotopic (exact) mass is 335 g/mol. The normalized spacial score (nSPS) is 15.5. The van der Waals surface area contributed by atoms with Crippen LogP contribution < -0.4 is 10.5 Å². The minimum absolute atomic E-state index is 0.0421. The first kappa shape index (κ1) is 18.7. The number of carbonyl (C=O) groups is 1. The summed E-state index contributed by atoms with van der Waals surface area (Å²) in [4.78, 5) is 17.1. The van der Waals surface area contributed by atoms with Gasteiger partial charge in [-0.1, -0.05) is 12.1 Å². The number of amides is 1. The highest BCUT2D eigenvalue weighted by Crippen LogP contribution is 2.20. The maximum Gasteiger partial charge on any atom is 0.257 e. The number of piperazine rings is 1. The molecule has 1 aliphatic rings. The molecule has 0 atom stereocenters. The number of hydrogen-bond acceptors (Lipinski definition) is 5. The molecule has 0 saturated carbocycles. The molecular formula is C18H29N3O3. The zero-order valence-corrected chi connectivity index (χ0v) is 14.6. The Bertz CT molecular complexity index is 502. The molecule has 6 heteroatoms. The Morgan fingerprint density at radius 1 is 1.17 bits per heavy atom. The molecule has 6 nitrogen and oxygen atoms in total. The van der Waals surface area contributed by atoms with E-state index in [0.29, 0.717) is 37.7 Å². The SMILES string of the molecule is CCOCCOc1ccccc1C(=O)N1CCN(CCCN)CC1. The van der Waals surface area contributed by atoms with E-state index in [1.807, 2.05) is 36.1 Å². The lowest BCUT2D eigenvalue weighted by atomic mass is 10.1. The first-order valence-corrected chi connectivity index (χ1v) is 8.77. The number of nitrogens with zero attached hydrogens (tertiary/aromatic N) is 2. The van der Waals surface area contributed by atoms with E-state index in [2.05, 4.69) is 4.90 Å². The first-order chi connectivity index (χ1) is 11.8. The molecule has 2 N–H and O–H groups in total. The van der Waals surface area contributed by atoms with Gasteiger partial charge in [-0.15, -0.1) is 0 Å². The minimum Gasteiger partial charge on any atom is -0.490 e. The smallest absolute Gasteiger partial charge is 0.257 e. The van der Waals surface area contributed by atoms with Crippen LogP contribution in [0.5, 0.6) is 5.75 Å². The van der Waals surface area contributed by atoms with Crippen LogP contribution in [-0.4, -0.2) is 74.8 Å². The van der Waals surface area contributed by atoms with Crippen LogP contribution in [0.15, 0.2) is 24.3 Å². The molecule has 1 aromatic rings. The molecular weight excluding hydrogens is 306 g/mol. The number of nitrogens with two attached hydrogens (primary N) is 1. The Balaban J connectivity index is 1.90. The molecule has 0 bridgehead atoms. The number of carbonyl (C=O) groups excluding carboxylic acids is 1. The van der Waals surface area contributed by atoms with Gasteiger partial charge in [0.15, 0.2) is 0 Å². The van der Waals surface area contributed by atoms with Gasteiger partial charge >= 0.3 is 0 Å². The lowest BCUT2D eigenvalue weighted by Gasteiger charge is -2.35. The second-order valence-electron chi connectivity index (χ2n) is 5.82. The molecule has 24 heavy (non-hydrogen) atoms. The second kappa shape index (κ2) is 10.3. The molecule has 1 aliphatic heterocycles. The summed E-state index contributed by atoms with van der Waals surface area (Å²) in [5.41, 5.74) is 6.19. The van der Waals surface area contributed by atoms with Gasteiger partial charge in [-0.2, -0.15) is 0 Å². The van der Waals surface area contributed by atoms with Crippen LogP contribution in [0.2, 0.25) is 0 Å². The number of hydrogen-bond donors (Lipinski definition) is 1. The summed E-state index contributed by atoms with van der Waals surface area (Å²) >= 11 is 0. The van der Waals surface area contributed by atoms with Crippen LogP contribution >= 0.6 is 0 Å². The Kier molecular flexibility index (Phi) is 8.01. The van der Waals surface area contributed by atoms with Crippen LogP contribution in [0.25, 0.3) is 0 Å². The van der Waals surface area contributed by atoms with Crippen LogP contribution in [0, 0.1) is 0 Å². The van der Waals surface area contributed by atoms with Gasteiger partial charge < -0.3 is 20.1 Å². The number of rotatable bonds is 9. The van der Waals surface area contributed by atoms with Crippen LogP contribution in [0.4, 0.5) is 0 Å². The topological polar surface area (TPSA) is 68.0 Å². The van der Waals surface area contributed by atoms with Crippen molar-refractivity contribution >= 4 is 5.91 Å². The maximum absolute atomic E-state index is 12.8. The lowest BCUT2D eigenvalue weighted by Crippen LogP contribution is -2.49. The molecule has 1 fully saturated rings. The number of para-hydroxylation sites is 1. The van der Waals surface area contributed by atoms with Gasteiger partial charge in [-0.05, 0) is 38.6 Å². The Morgan fingerprint density at radius 2 is 1.92 bits per heavy atom. The van der Waals surface area contributed by atoms with E-state index in [4.69, 9.17) is 15.2 Å². The third-order valence-electron chi connectivity index (χ3n) is 4.14. The van der Waals surface area contributed by atoms with Crippen molar-refractivity contribution in [2.45, 2.75) is 13.3 Å². The minimum atomic E-state index is 0.0421. The van der Waals surface area contributed by atoms with Gasteiger partial charge in [0.1, 0.15) is 12.4 Å². The fraction of sp³-hybridized carbons (Fsp3) is 0.611. The van der Waals surface area contributed by atoms with Crippen molar-refractivity contribution in [2.24, 2.45) is 5.73 Å². The molecule has 2 rings (SSSR count). The first-order valence-electron chi connectivity index (χ1n) is 8.77. The summed E-state index contributed by atoms with van der Waals surface area (Å²) < 4.78 is 11.0. The fourth-order valence-corrected chi connectivity index (χ4v) is 2.78. The van der Waals surface area contributed by atoms with Crippen LogP contribution in [0.1, 0.15) is 23.7 Å². The molecule has 1 amide bonds. The van der Waals surface area contributed by atoms with Gasteiger partial charge in [-0.25, -0.2) is 0 Å². The van der Waals surface area contributed by atoms with E-state index in [1.54, 1.807) is 0 Å². The zero-order valence-electron chi connectivity index (χ0n) is 14.6. The number of benzene rings is 1. The summed E-state index contributed by atoms with van der Waals surface area (Å²) in [6.45, 7) is 8.61. The molecule has 134 valence electrons. The Hall–Kier alpha value is -1.63. The highest BCUT2D eigenvalue weighted by atomic mass is 16.5. The average molecular weight is 335 g/mol. The summed E-state index contributed by atoms with van der Waals surface area (Å²) in [7, 11) is 0. The average Bonchev–Trinajstić information content (AvgIpc) is 2.64. The van der Waals surface area contributed by atoms with E-state index in [0.717, 1.165) is 39.1 Å². The third kappa shape index (κ3) is 5.47. The van der Waals surface area contributed by atoms with Gasteiger partial charge in [0, 0.05) is 32.8 Å². The highest BCUT2D eigenvalue weighted by Gasteiger charge is 2.23. The standard InChI is InChI=1S/C18H29N3O3/c1-2-23-14-15-24-17-7-4-3-6-16(17)18(22)21-12-10-20(11-13-21)9-5-8-19/h3-4,6-7H,2,5,8-15,19H2,1H3. The molecule has 1 heterocycles. The van der Waals surface area contributed by atoms with Crippen molar-refractivity contribution in [3.8, 4) is 5.75 Å². The summed E-state index contributed by atoms with van der Waals surface area (Å²) in [6.07, 6.45) is 1.00. The van der Waals surface area contributed by atoms with E-state index >= 15 is 0 Å². The summed E-state index contributed by atoms with van der Waals surface area (Å²) in [5.74, 6) is 0.674. The van der Waals surface area contributed by atoms with Crippen molar-refractivity contribution in [3.05, 3.63) is 29.8 Å². The number of ether oxygens (including phenoxy) is 2. The second-order valence-corrected chi connectivity index (χ2v) is 5.82. The molecule has 0 radical (unpaired) electrons. The van der Waals surface area contributed by atoms with E-state index in [1.165, 1.54) is 0 Å². The van der Waals surface area contributed by atoms with Crippen molar-refractivity contribution in [2.75, 3.05) is 59.1 Å². The van der Waals surface area contributed by atoms with Gasteiger partial charge in [0.05, 0.1) is 12.2 Å². The summed E-state index contributed by atoms with van der Waals surface area (Å²) in [6, 6.07) is 7.44. The highest BCUT2D eigenvalue weighted by molar-refractivity contribution is 5.97. The van der Waals surface area contributed by atoms with Gasteiger partial charge in [0.2, 0.25) is 0 Å². The van der Waals surface area contributed by atoms with Crippen LogP contribution in [0.3, 0.4) is 0 Å². The molecule has 0 aromatic heterocycles. The maximum atomic E-state index is 12.8. The summed E-state index contributed by atoms with van der Waals surface area (Å²) in [5, 5.41) is 0. The molecule has 0 aliphatic carbocycles.